The van der Waals surface area contributed by atoms with Crippen molar-refractivity contribution >= 4 is 11.6 Å². The van der Waals surface area contributed by atoms with Gasteiger partial charge < -0.3 is 10.2 Å². The number of hydrogen-bond donors (Lipinski definition) is 1. The molecule has 0 atom stereocenters. The highest BCUT2D eigenvalue weighted by molar-refractivity contribution is 5.97. The predicted octanol–water partition coefficient (Wildman–Crippen LogP) is 2.51. The van der Waals surface area contributed by atoms with Crippen LogP contribution in [-0.4, -0.2) is 40.9 Å². The van der Waals surface area contributed by atoms with Crippen molar-refractivity contribution in [3.63, 3.8) is 0 Å². The Labute approximate surface area is 120 Å². The van der Waals surface area contributed by atoms with Crippen LogP contribution in [0.25, 0.3) is 0 Å². The molecule has 2 rings (SSSR count). The number of hydrogen-bond acceptors (Lipinski definition) is 4. The molecule has 1 aliphatic rings. The van der Waals surface area contributed by atoms with Gasteiger partial charge in [-0.3, -0.25) is 4.79 Å². The van der Waals surface area contributed by atoms with E-state index >= 15 is 0 Å². The molecule has 1 amide bonds. The summed E-state index contributed by atoms with van der Waals surface area (Å²) in [7, 11) is 1.85. The maximum Gasteiger partial charge on any atom is 0.274 e. The fraction of sp³-hybridized carbons (Fsp3) is 0.667. The first-order valence-electron chi connectivity index (χ1n) is 7.39. The third-order valence-electron chi connectivity index (χ3n) is 3.47. The quantitative estimate of drug-likeness (QED) is 0.867. The van der Waals surface area contributed by atoms with E-state index in [1.165, 1.54) is 12.8 Å². The lowest BCUT2D eigenvalue weighted by Gasteiger charge is -2.19. The third kappa shape index (κ3) is 3.46. The second-order valence-corrected chi connectivity index (χ2v) is 5.80. The molecule has 20 heavy (non-hydrogen) atoms. The minimum atomic E-state index is -0.0165. The lowest BCUT2D eigenvalue weighted by Crippen LogP contribution is -2.30. The van der Waals surface area contributed by atoms with Crippen molar-refractivity contribution in [2.45, 2.75) is 39.5 Å². The van der Waals surface area contributed by atoms with E-state index in [0.29, 0.717) is 11.6 Å². The summed E-state index contributed by atoms with van der Waals surface area (Å²) in [6.45, 7) is 7.63. The van der Waals surface area contributed by atoms with Crippen LogP contribution in [0.4, 0.5) is 5.69 Å². The van der Waals surface area contributed by atoms with E-state index in [1.807, 2.05) is 27.8 Å². The number of nitrogens with zero attached hydrogens (tertiary/aromatic N) is 3. The van der Waals surface area contributed by atoms with Gasteiger partial charge in [0.05, 0.1) is 11.9 Å². The summed E-state index contributed by atoms with van der Waals surface area (Å²) in [6, 6.07) is 0. The maximum atomic E-state index is 12.6. The van der Waals surface area contributed by atoms with E-state index in [-0.39, 0.29) is 11.8 Å². The van der Waals surface area contributed by atoms with Crippen molar-refractivity contribution in [2.75, 3.05) is 25.5 Å². The van der Waals surface area contributed by atoms with Gasteiger partial charge in [-0.25, -0.2) is 9.97 Å². The number of carbonyl (C=O) groups is 1. The van der Waals surface area contributed by atoms with Crippen LogP contribution in [0, 0.1) is 5.92 Å². The Morgan fingerprint density at radius 1 is 1.50 bits per heavy atom. The number of nitrogens with one attached hydrogen (secondary N) is 1. The smallest absolute Gasteiger partial charge is 0.274 e. The van der Waals surface area contributed by atoms with Gasteiger partial charge in [0.1, 0.15) is 5.82 Å². The summed E-state index contributed by atoms with van der Waals surface area (Å²) < 4.78 is 0. The fourth-order valence-electron chi connectivity index (χ4n) is 2.11. The van der Waals surface area contributed by atoms with Crippen LogP contribution in [0.15, 0.2) is 6.20 Å². The Hall–Kier alpha value is -1.65. The number of aromatic nitrogens is 2. The Kier molecular flexibility index (Phi) is 4.57. The Balaban J connectivity index is 2.24. The van der Waals surface area contributed by atoms with Crippen molar-refractivity contribution in [2.24, 2.45) is 5.92 Å². The summed E-state index contributed by atoms with van der Waals surface area (Å²) in [4.78, 5) is 23.2. The van der Waals surface area contributed by atoms with Crippen LogP contribution in [0.1, 0.15) is 55.8 Å². The van der Waals surface area contributed by atoms with Gasteiger partial charge in [0, 0.05) is 26.1 Å². The molecule has 0 radical (unpaired) electrons. The molecule has 110 valence electrons. The van der Waals surface area contributed by atoms with E-state index in [9.17, 15) is 4.79 Å². The monoisotopic (exact) mass is 276 g/mol. The van der Waals surface area contributed by atoms with Crippen LogP contribution in [0.3, 0.4) is 0 Å². The molecule has 0 aliphatic heterocycles. The van der Waals surface area contributed by atoms with Gasteiger partial charge >= 0.3 is 0 Å². The van der Waals surface area contributed by atoms with Crippen molar-refractivity contribution in [1.82, 2.24) is 14.9 Å². The van der Waals surface area contributed by atoms with E-state index < -0.39 is 0 Å². The summed E-state index contributed by atoms with van der Waals surface area (Å²) in [6.07, 6.45) is 4.20. The first-order chi connectivity index (χ1) is 9.52. The highest BCUT2D eigenvalue weighted by Gasteiger charge is 2.27. The molecule has 1 aliphatic carbocycles. The Morgan fingerprint density at radius 2 is 2.20 bits per heavy atom. The minimum absolute atomic E-state index is 0.0165. The molecule has 1 N–H and O–H groups in total. The van der Waals surface area contributed by atoms with Crippen molar-refractivity contribution in [1.29, 1.82) is 0 Å². The van der Waals surface area contributed by atoms with Gasteiger partial charge in [-0.1, -0.05) is 13.8 Å². The SMILES string of the molecule is CCNc1cnc(C(C)C)nc1C(=O)N(C)CC1CC1. The highest BCUT2D eigenvalue weighted by Crippen LogP contribution is 2.30. The fourth-order valence-corrected chi connectivity index (χ4v) is 2.11. The van der Waals surface area contributed by atoms with Crippen molar-refractivity contribution in [3.05, 3.63) is 17.7 Å². The number of carbonyl (C=O) groups excluding carboxylic acids is 1. The zero-order valence-electron chi connectivity index (χ0n) is 12.8. The zero-order valence-corrected chi connectivity index (χ0v) is 12.8. The van der Waals surface area contributed by atoms with Crippen LogP contribution >= 0.6 is 0 Å². The summed E-state index contributed by atoms with van der Waals surface area (Å²) >= 11 is 0. The first kappa shape index (κ1) is 14.8. The molecule has 1 fully saturated rings. The van der Waals surface area contributed by atoms with E-state index in [4.69, 9.17) is 0 Å². The Morgan fingerprint density at radius 3 is 2.75 bits per heavy atom. The van der Waals surface area contributed by atoms with E-state index in [1.54, 1.807) is 11.1 Å². The average molecular weight is 276 g/mol. The van der Waals surface area contributed by atoms with Gasteiger partial charge in [-0.05, 0) is 25.7 Å². The molecular formula is C15H24N4O. The molecular weight excluding hydrogens is 252 g/mol. The highest BCUT2D eigenvalue weighted by atomic mass is 16.2. The van der Waals surface area contributed by atoms with Gasteiger partial charge in [-0.2, -0.15) is 0 Å². The van der Waals surface area contributed by atoms with Crippen molar-refractivity contribution < 1.29 is 4.79 Å². The van der Waals surface area contributed by atoms with E-state index in [2.05, 4.69) is 15.3 Å². The number of amides is 1. The summed E-state index contributed by atoms with van der Waals surface area (Å²) in [5, 5.41) is 3.17. The standard InChI is InChI=1S/C15H24N4O/c1-5-16-12-8-17-14(10(2)3)18-13(12)15(20)19(4)9-11-6-7-11/h8,10-11,16H,5-7,9H2,1-4H3. The summed E-state index contributed by atoms with van der Waals surface area (Å²) in [5.41, 5.74) is 1.22. The van der Waals surface area contributed by atoms with Gasteiger partial charge in [0.2, 0.25) is 0 Å². The first-order valence-corrected chi connectivity index (χ1v) is 7.39. The normalized spacial score (nSPS) is 14.4. The van der Waals surface area contributed by atoms with Crippen LogP contribution in [0.2, 0.25) is 0 Å². The molecule has 5 heteroatoms. The van der Waals surface area contributed by atoms with E-state index in [0.717, 1.165) is 24.6 Å². The third-order valence-corrected chi connectivity index (χ3v) is 3.47. The van der Waals surface area contributed by atoms with Gasteiger partial charge in [0.25, 0.3) is 5.91 Å². The topological polar surface area (TPSA) is 58.1 Å². The average Bonchev–Trinajstić information content (AvgIpc) is 3.22. The second-order valence-electron chi connectivity index (χ2n) is 5.80. The van der Waals surface area contributed by atoms with Gasteiger partial charge in [-0.15, -0.1) is 0 Å². The molecule has 0 unspecified atom stereocenters. The Bertz CT molecular complexity index is 483. The second kappa shape index (κ2) is 6.20. The molecule has 0 saturated heterocycles. The molecule has 0 spiro atoms. The number of anilines is 1. The lowest BCUT2D eigenvalue weighted by molar-refractivity contribution is 0.0783. The molecule has 5 nitrogen and oxygen atoms in total. The van der Waals surface area contributed by atoms with Crippen LogP contribution in [-0.2, 0) is 0 Å². The maximum absolute atomic E-state index is 12.6. The predicted molar refractivity (Wildman–Crippen MR) is 80.0 cm³/mol. The van der Waals surface area contributed by atoms with Gasteiger partial charge in [0.15, 0.2) is 5.69 Å². The van der Waals surface area contributed by atoms with Crippen LogP contribution < -0.4 is 5.32 Å². The zero-order chi connectivity index (χ0) is 14.7. The van der Waals surface area contributed by atoms with Crippen molar-refractivity contribution in [3.8, 4) is 0 Å². The largest absolute Gasteiger partial charge is 0.382 e. The molecule has 1 heterocycles. The minimum Gasteiger partial charge on any atom is -0.382 e. The van der Waals surface area contributed by atoms with Crippen LogP contribution in [0.5, 0.6) is 0 Å². The number of rotatable bonds is 6. The lowest BCUT2D eigenvalue weighted by atomic mass is 10.2. The molecule has 1 saturated carbocycles. The summed E-state index contributed by atoms with van der Waals surface area (Å²) in [5.74, 6) is 1.59. The molecule has 0 aromatic carbocycles. The molecule has 0 bridgehead atoms. The molecule has 1 aromatic heterocycles. The molecule has 1 aromatic rings.